The van der Waals surface area contributed by atoms with Crippen LogP contribution < -0.4 is 0 Å². The van der Waals surface area contributed by atoms with Crippen LogP contribution in [0.3, 0.4) is 0 Å². The standard InChI is InChI=1S/C70H136O17P2/c1-6-9-12-15-17-19-21-23-27-31-35-39-44-49-54-68(73)81-60-66(87-70(75)56-51-46-41-37-33-29-25-26-30-34-38-43-47-52-63(4)5)62-85-89(78,79)83-58-64(71)57-82-88(76,77)84-61-65(59-80-67(72)53-48-42-14-11-8-3)86-69(74)55-50-45-40-36-32-28-24-22-20-18-16-13-10-7-2/h63-66,71H,6-62H2,1-5H3,(H,76,77)(H,78,79)/t64-,65+,66+/m0/s1. The first-order valence-electron chi connectivity index (χ1n) is 36.6. The van der Waals surface area contributed by atoms with E-state index in [-0.39, 0.29) is 25.7 Å². The lowest BCUT2D eigenvalue weighted by atomic mass is 10.0. The first kappa shape index (κ1) is 87.1. The maximum absolute atomic E-state index is 13.0. The molecule has 0 aromatic carbocycles. The number of carbonyl (C=O) groups is 4. The SMILES string of the molecule is CCCCCCCCCCCCCCCCC(=O)OC[C@H](COP(=O)(O)OC[C@@H](O)COP(=O)(O)OC[C@@H](COC(=O)CCCCCCC)OC(=O)CCCCCCCCCCCCCCCC)OC(=O)CCCCCCCCCCCCCCCC(C)C. The molecule has 0 aromatic heterocycles. The minimum absolute atomic E-state index is 0.107. The summed E-state index contributed by atoms with van der Waals surface area (Å²) in [5.74, 6) is -1.34. The largest absolute Gasteiger partial charge is 0.472 e. The maximum Gasteiger partial charge on any atom is 0.472 e. The van der Waals surface area contributed by atoms with Crippen molar-refractivity contribution < 1.29 is 80.2 Å². The van der Waals surface area contributed by atoms with E-state index in [9.17, 15) is 43.2 Å². The van der Waals surface area contributed by atoms with Crippen LogP contribution in [0.2, 0.25) is 0 Å². The third-order valence-electron chi connectivity index (χ3n) is 16.3. The zero-order valence-electron chi connectivity index (χ0n) is 57.6. The van der Waals surface area contributed by atoms with Crippen LogP contribution in [0.1, 0.15) is 362 Å². The van der Waals surface area contributed by atoms with Gasteiger partial charge in [-0.3, -0.25) is 37.3 Å². The molecule has 5 atom stereocenters. The molecule has 0 amide bonds. The van der Waals surface area contributed by atoms with Gasteiger partial charge in [0.25, 0.3) is 0 Å². The molecule has 0 aliphatic carbocycles. The topological polar surface area (TPSA) is 237 Å². The van der Waals surface area contributed by atoms with Crippen LogP contribution >= 0.6 is 15.6 Å². The Bertz CT molecular complexity index is 1720. The molecule has 2 unspecified atom stereocenters. The summed E-state index contributed by atoms with van der Waals surface area (Å²) >= 11 is 0. The van der Waals surface area contributed by atoms with Crippen LogP contribution in [0.25, 0.3) is 0 Å². The lowest BCUT2D eigenvalue weighted by Gasteiger charge is -2.21. The van der Waals surface area contributed by atoms with Crippen molar-refractivity contribution in [3.63, 3.8) is 0 Å². The number of hydrogen-bond donors (Lipinski definition) is 3. The summed E-state index contributed by atoms with van der Waals surface area (Å²) in [6, 6.07) is 0. The zero-order chi connectivity index (χ0) is 65.6. The number of esters is 4. The van der Waals surface area contributed by atoms with Crippen LogP contribution in [0.4, 0.5) is 0 Å². The van der Waals surface area contributed by atoms with Gasteiger partial charge in [-0.25, -0.2) is 9.13 Å². The van der Waals surface area contributed by atoms with Gasteiger partial charge in [0.05, 0.1) is 26.4 Å². The van der Waals surface area contributed by atoms with E-state index in [2.05, 4.69) is 34.6 Å². The first-order chi connectivity index (χ1) is 43.0. The van der Waals surface area contributed by atoms with E-state index in [1.807, 2.05) is 0 Å². The molecule has 0 saturated carbocycles. The predicted octanol–water partition coefficient (Wildman–Crippen LogP) is 20.1. The summed E-state index contributed by atoms with van der Waals surface area (Å²) in [5, 5.41) is 10.6. The van der Waals surface area contributed by atoms with Crippen molar-refractivity contribution in [2.24, 2.45) is 5.92 Å². The number of phosphoric acid groups is 2. The lowest BCUT2D eigenvalue weighted by molar-refractivity contribution is -0.161. The van der Waals surface area contributed by atoms with Gasteiger partial charge in [0, 0.05) is 25.7 Å². The number of aliphatic hydroxyl groups is 1. The second kappa shape index (κ2) is 63.5. The Morgan fingerprint density at radius 1 is 0.303 bits per heavy atom. The highest BCUT2D eigenvalue weighted by molar-refractivity contribution is 7.47. The third kappa shape index (κ3) is 64.6. The lowest BCUT2D eigenvalue weighted by Crippen LogP contribution is -2.30. The molecule has 19 heteroatoms. The van der Waals surface area contributed by atoms with Gasteiger partial charge in [0.2, 0.25) is 0 Å². The maximum atomic E-state index is 13.0. The van der Waals surface area contributed by atoms with Crippen molar-refractivity contribution in [1.29, 1.82) is 0 Å². The number of rotatable bonds is 70. The molecule has 17 nitrogen and oxygen atoms in total. The van der Waals surface area contributed by atoms with E-state index in [0.29, 0.717) is 25.7 Å². The van der Waals surface area contributed by atoms with Crippen molar-refractivity contribution in [3.05, 3.63) is 0 Å². The third-order valence-corrected chi connectivity index (χ3v) is 18.2. The highest BCUT2D eigenvalue weighted by atomic mass is 31.2. The molecule has 0 fully saturated rings. The van der Waals surface area contributed by atoms with Crippen molar-refractivity contribution >= 4 is 39.5 Å². The van der Waals surface area contributed by atoms with Gasteiger partial charge in [-0.1, -0.05) is 311 Å². The molecule has 3 N–H and O–H groups in total. The zero-order valence-corrected chi connectivity index (χ0v) is 59.4. The summed E-state index contributed by atoms with van der Waals surface area (Å²) in [5.41, 5.74) is 0. The summed E-state index contributed by atoms with van der Waals surface area (Å²) in [4.78, 5) is 72.3. The molecule has 89 heavy (non-hydrogen) atoms. The molecule has 0 radical (unpaired) electrons. The first-order valence-corrected chi connectivity index (χ1v) is 39.6. The molecule has 528 valence electrons. The Balaban J connectivity index is 5.16. The van der Waals surface area contributed by atoms with E-state index >= 15 is 0 Å². The quantitative estimate of drug-likeness (QED) is 0.0222. The average molecular weight is 1310 g/mol. The van der Waals surface area contributed by atoms with Gasteiger partial charge >= 0.3 is 39.5 Å². The normalized spacial score (nSPS) is 14.1. The van der Waals surface area contributed by atoms with Gasteiger partial charge in [-0.05, 0) is 31.6 Å². The number of unbranched alkanes of at least 4 members (excludes halogenated alkanes) is 42. The monoisotopic (exact) mass is 1310 g/mol. The Hall–Kier alpha value is -1.94. The summed E-state index contributed by atoms with van der Waals surface area (Å²) in [6.07, 6.45) is 50.2. The Morgan fingerprint density at radius 2 is 0.517 bits per heavy atom. The fraction of sp³-hybridized carbons (Fsp3) is 0.943. The number of phosphoric ester groups is 2. The number of hydrogen-bond acceptors (Lipinski definition) is 15. The van der Waals surface area contributed by atoms with Crippen molar-refractivity contribution in [2.45, 2.75) is 380 Å². The molecular formula is C70H136O17P2. The van der Waals surface area contributed by atoms with Crippen LogP contribution in [-0.2, 0) is 65.4 Å². The van der Waals surface area contributed by atoms with Gasteiger partial charge < -0.3 is 33.8 Å². The summed E-state index contributed by atoms with van der Waals surface area (Å²) < 4.78 is 68.1. The Morgan fingerprint density at radius 3 is 0.764 bits per heavy atom. The van der Waals surface area contributed by atoms with Crippen LogP contribution in [0, 0.1) is 5.92 Å². The summed E-state index contributed by atoms with van der Waals surface area (Å²) in [6.45, 7) is 7.19. The van der Waals surface area contributed by atoms with Gasteiger partial charge in [0.1, 0.15) is 19.3 Å². The van der Waals surface area contributed by atoms with Crippen molar-refractivity contribution in [2.75, 3.05) is 39.6 Å². The van der Waals surface area contributed by atoms with Crippen LogP contribution in [-0.4, -0.2) is 96.7 Å². The van der Waals surface area contributed by atoms with Gasteiger partial charge in [-0.15, -0.1) is 0 Å². The second-order valence-corrected chi connectivity index (χ2v) is 28.7. The van der Waals surface area contributed by atoms with E-state index < -0.39 is 97.5 Å². The van der Waals surface area contributed by atoms with E-state index in [0.717, 1.165) is 102 Å². The van der Waals surface area contributed by atoms with Crippen LogP contribution in [0.5, 0.6) is 0 Å². The molecule has 0 bridgehead atoms. The molecule has 0 saturated heterocycles. The van der Waals surface area contributed by atoms with E-state index in [4.69, 9.17) is 37.0 Å². The average Bonchev–Trinajstić information content (AvgIpc) is 3.64. The minimum Gasteiger partial charge on any atom is -0.462 e. The Labute approximate surface area is 543 Å². The number of carbonyl (C=O) groups excluding carboxylic acids is 4. The molecule has 0 rings (SSSR count). The van der Waals surface area contributed by atoms with Crippen LogP contribution in [0.15, 0.2) is 0 Å². The van der Waals surface area contributed by atoms with Crippen molar-refractivity contribution in [3.8, 4) is 0 Å². The summed E-state index contributed by atoms with van der Waals surface area (Å²) in [7, 11) is -9.89. The molecular weight excluding hydrogens is 1170 g/mol. The molecule has 0 aromatic rings. The van der Waals surface area contributed by atoms with Gasteiger partial charge in [-0.2, -0.15) is 0 Å². The predicted molar refractivity (Wildman–Crippen MR) is 358 cm³/mol. The highest BCUT2D eigenvalue weighted by Crippen LogP contribution is 2.45. The smallest absolute Gasteiger partial charge is 0.462 e. The molecule has 0 heterocycles. The molecule has 0 aliphatic heterocycles. The van der Waals surface area contributed by atoms with E-state index in [1.54, 1.807) is 0 Å². The highest BCUT2D eigenvalue weighted by Gasteiger charge is 2.30. The minimum atomic E-state index is -4.95. The molecule has 0 spiro atoms. The second-order valence-electron chi connectivity index (χ2n) is 25.7. The fourth-order valence-electron chi connectivity index (χ4n) is 10.6. The Kier molecular flexibility index (Phi) is 62.1. The molecule has 0 aliphatic rings. The number of ether oxygens (including phenoxy) is 4. The van der Waals surface area contributed by atoms with Gasteiger partial charge in [0.15, 0.2) is 12.2 Å². The number of aliphatic hydroxyl groups excluding tert-OH is 1. The van der Waals surface area contributed by atoms with Crippen molar-refractivity contribution in [1.82, 2.24) is 0 Å². The van der Waals surface area contributed by atoms with E-state index in [1.165, 1.54) is 180 Å². The fourth-order valence-corrected chi connectivity index (χ4v) is 12.2.